The zero-order chi connectivity index (χ0) is 19.8. The lowest BCUT2D eigenvalue weighted by atomic mass is 10.2. The van der Waals surface area contributed by atoms with Crippen LogP contribution >= 0.6 is 0 Å². The van der Waals surface area contributed by atoms with E-state index in [1.807, 2.05) is 18.5 Å². The summed E-state index contributed by atoms with van der Waals surface area (Å²) in [7, 11) is 0. The molecular weight excluding hydrogens is 364 g/mol. The molecule has 0 radical (unpaired) electrons. The third kappa shape index (κ3) is 3.23. The van der Waals surface area contributed by atoms with Crippen LogP contribution in [0.5, 0.6) is 0 Å². The molecule has 1 saturated heterocycles. The first kappa shape index (κ1) is 18.1. The monoisotopic (exact) mass is 390 g/mol. The van der Waals surface area contributed by atoms with Crippen molar-refractivity contribution < 1.29 is 0 Å². The lowest BCUT2D eigenvalue weighted by Crippen LogP contribution is -2.43. The molecule has 2 N–H and O–H groups in total. The number of pyridine rings is 1. The summed E-state index contributed by atoms with van der Waals surface area (Å²) >= 11 is 0. The maximum atomic E-state index is 4.85. The van der Waals surface area contributed by atoms with Crippen LogP contribution in [0, 0.1) is 0 Å². The van der Waals surface area contributed by atoms with E-state index in [-0.39, 0.29) is 0 Å². The van der Waals surface area contributed by atoms with Crippen LogP contribution in [0.15, 0.2) is 24.5 Å². The summed E-state index contributed by atoms with van der Waals surface area (Å²) in [6.07, 6.45) is 5.60. The predicted molar refractivity (Wildman–Crippen MR) is 114 cm³/mol. The molecule has 29 heavy (non-hydrogen) atoms. The number of aryl methyl sites for hydroxylation is 1. The molecular formula is C21H26N8. The van der Waals surface area contributed by atoms with Crippen LogP contribution in [0.4, 0.5) is 17.5 Å². The van der Waals surface area contributed by atoms with Gasteiger partial charge in [0.1, 0.15) is 17.3 Å². The molecule has 8 heteroatoms. The SMILES string of the molecule is CCc1nc2c(n1CC)Cc1cnc(Nc3ccc(N4CCNCC4)cn3)nc1-2. The van der Waals surface area contributed by atoms with Gasteiger partial charge in [0.2, 0.25) is 5.95 Å². The molecule has 150 valence electrons. The van der Waals surface area contributed by atoms with Gasteiger partial charge in [-0.25, -0.2) is 19.9 Å². The highest BCUT2D eigenvalue weighted by molar-refractivity contribution is 5.70. The minimum Gasteiger partial charge on any atom is -0.368 e. The van der Waals surface area contributed by atoms with Gasteiger partial charge in [0.05, 0.1) is 23.3 Å². The number of nitrogens with zero attached hydrogens (tertiary/aromatic N) is 6. The smallest absolute Gasteiger partial charge is 0.228 e. The average molecular weight is 390 g/mol. The van der Waals surface area contributed by atoms with Gasteiger partial charge >= 0.3 is 0 Å². The molecule has 3 aromatic heterocycles. The lowest BCUT2D eigenvalue weighted by Gasteiger charge is -2.29. The number of fused-ring (bicyclic) bond motifs is 3. The average Bonchev–Trinajstić information content (AvgIpc) is 3.30. The van der Waals surface area contributed by atoms with Crippen LogP contribution < -0.4 is 15.5 Å². The van der Waals surface area contributed by atoms with Crippen LogP contribution in [-0.2, 0) is 19.4 Å². The Balaban J connectivity index is 1.37. The van der Waals surface area contributed by atoms with Crippen molar-refractivity contribution >= 4 is 17.5 Å². The van der Waals surface area contributed by atoms with Crippen molar-refractivity contribution in [3.63, 3.8) is 0 Å². The highest BCUT2D eigenvalue weighted by atomic mass is 15.2. The van der Waals surface area contributed by atoms with E-state index >= 15 is 0 Å². The lowest BCUT2D eigenvalue weighted by molar-refractivity contribution is 0.589. The molecule has 1 fully saturated rings. The highest BCUT2D eigenvalue weighted by Crippen LogP contribution is 2.35. The van der Waals surface area contributed by atoms with Gasteiger partial charge in [-0.15, -0.1) is 0 Å². The van der Waals surface area contributed by atoms with E-state index in [0.29, 0.717) is 5.95 Å². The second kappa shape index (κ2) is 7.44. The van der Waals surface area contributed by atoms with E-state index < -0.39 is 0 Å². The molecule has 0 atom stereocenters. The first-order valence-electron chi connectivity index (χ1n) is 10.4. The number of nitrogens with one attached hydrogen (secondary N) is 2. The largest absolute Gasteiger partial charge is 0.368 e. The van der Waals surface area contributed by atoms with Gasteiger partial charge in [0.15, 0.2) is 0 Å². The van der Waals surface area contributed by atoms with Crippen LogP contribution in [0.25, 0.3) is 11.4 Å². The highest BCUT2D eigenvalue weighted by Gasteiger charge is 2.27. The molecule has 0 spiro atoms. The third-order valence-electron chi connectivity index (χ3n) is 5.70. The first-order valence-corrected chi connectivity index (χ1v) is 10.4. The minimum atomic E-state index is 0.558. The van der Waals surface area contributed by atoms with Crippen molar-refractivity contribution in [1.29, 1.82) is 0 Å². The summed E-state index contributed by atoms with van der Waals surface area (Å²) in [5.74, 6) is 2.43. The van der Waals surface area contributed by atoms with Crippen LogP contribution in [0.3, 0.4) is 0 Å². The van der Waals surface area contributed by atoms with E-state index in [1.54, 1.807) is 0 Å². The van der Waals surface area contributed by atoms with Crippen LogP contribution in [0.2, 0.25) is 0 Å². The molecule has 0 unspecified atom stereocenters. The number of anilines is 3. The summed E-state index contributed by atoms with van der Waals surface area (Å²) in [4.78, 5) is 21.0. The van der Waals surface area contributed by atoms with Gasteiger partial charge in [-0.05, 0) is 19.1 Å². The van der Waals surface area contributed by atoms with Gasteiger partial charge in [-0.2, -0.15) is 0 Å². The summed E-state index contributed by atoms with van der Waals surface area (Å²) < 4.78 is 2.31. The number of hydrogen-bond donors (Lipinski definition) is 2. The molecule has 1 aliphatic heterocycles. The molecule has 0 bridgehead atoms. The number of rotatable bonds is 5. The van der Waals surface area contributed by atoms with Gasteiger partial charge in [-0.1, -0.05) is 6.92 Å². The zero-order valence-electron chi connectivity index (χ0n) is 16.9. The molecule has 0 amide bonds. The Morgan fingerprint density at radius 1 is 1.03 bits per heavy atom. The molecule has 1 aliphatic carbocycles. The maximum Gasteiger partial charge on any atom is 0.228 e. The number of piperazine rings is 1. The molecule has 5 rings (SSSR count). The quantitative estimate of drug-likeness (QED) is 0.541. The maximum absolute atomic E-state index is 4.85. The fourth-order valence-corrected chi connectivity index (χ4v) is 4.22. The van der Waals surface area contributed by atoms with Crippen molar-refractivity contribution in [3.8, 4) is 11.4 Å². The van der Waals surface area contributed by atoms with Gasteiger partial charge in [-0.3, -0.25) is 0 Å². The zero-order valence-corrected chi connectivity index (χ0v) is 16.9. The van der Waals surface area contributed by atoms with Gasteiger partial charge < -0.3 is 20.1 Å². The summed E-state index contributed by atoms with van der Waals surface area (Å²) in [6.45, 7) is 9.29. The molecule has 2 aliphatic rings. The van der Waals surface area contributed by atoms with E-state index in [9.17, 15) is 0 Å². The van der Waals surface area contributed by atoms with E-state index in [0.717, 1.165) is 79.8 Å². The van der Waals surface area contributed by atoms with Crippen LogP contribution in [-0.4, -0.2) is 50.7 Å². The molecule has 0 aromatic carbocycles. The van der Waals surface area contributed by atoms with Gasteiger partial charge in [0.25, 0.3) is 0 Å². The Morgan fingerprint density at radius 2 is 1.90 bits per heavy atom. The predicted octanol–water partition coefficient (Wildman–Crippen LogP) is 2.37. The van der Waals surface area contributed by atoms with Crippen molar-refractivity contribution in [2.75, 3.05) is 36.4 Å². The summed E-state index contributed by atoms with van der Waals surface area (Å²) in [5, 5.41) is 6.62. The van der Waals surface area contributed by atoms with E-state index in [2.05, 4.69) is 50.0 Å². The second-order valence-electron chi connectivity index (χ2n) is 7.43. The van der Waals surface area contributed by atoms with Crippen molar-refractivity contribution in [3.05, 3.63) is 41.6 Å². The Kier molecular flexibility index (Phi) is 4.63. The first-order chi connectivity index (χ1) is 14.3. The fraction of sp³-hybridized carbons (Fsp3) is 0.429. The van der Waals surface area contributed by atoms with Crippen molar-refractivity contribution in [1.82, 2.24) is 29.8 Å². The Labute approximate surface area is 170 Å². The fourth-order valence-electron chi connectivity index (χ4n) is 4.22. The summed E-state index contributed by atoms with van der Waals surface area (Å²) in [5.41, 5.74) is 5.49. The van der Waals surface area contributed by atoms with Gasteiger partial charge in [0, 0.05) is 57.3 Å². The van der Waals surface area contributed by atoms with Crippen molar-refractivity contribution in [2.24, 2.45) is 0 Å². The number of hydrogen-bond acceptors (Lipinski definition) is 7. The number of aromatic nitrogens is 5. The molecule has 8 nitrogen and oxygen atoms in total. The minimum absolute atomic E-state index is 0.558. The van der Waals surface area contributed by atoms with E-state index in [1.165, 1.54) is 5.69 Å². The topological polar surface area (TPSA) is 83.8 Å². The second-order valence-corrected chi connectivity index (χ2v) is 7.43. The third-order valence-corrected chi connectivity index (χ3v) is 5.70. The van der Waals surface area contributed by atoms with E-state index in [4.69, 9.17) is 9.97 Å². The summed E-state index contributed by atoms with van der Waals surface area (Å²) in [6, 6.07) is 4.09. The Morgan fingerprint density at radius 3 is 2.62 bits per heavy atom. The Bertz CT molecular complexity index is 1020. The normalized spacial score (nSPS) is 15.3. The van der Waals surface area contributed by atoms with Crippen LogP contribution in [0.1, 0.15) is 30.9 Å². The standard InChI is InChI=1S/C21H26N8/c1-3-18-26-20-16(29(18)4-2)11-14-12-24-21(27-19(14)20)25-17-6-5-15(13-23-17)28-9-7-22-8-10-28/h5-6,12-13,22H,3-4,7-11H2,1-2H3,(H,23,24,25,27). The molecule has 0 saturated carbocycles. The molecule has 4 heterocycles. The number of imidazole rings is 1. The molecule has 3 aromatic rings. The Hall–Kier alpha value is -3.00. The van der Waals surface area contributed by atoms with Crippen molar-refractivity contribution in [2.45, 2.75) is 33.2 Å².